The van der Waals surface area contributed by atoms with Gasteiger partial charge in [-0.1, -0.05) is 37.0 Å². The number of thiophene rings is 2. The summed E-state index contributed by atoms with van der Waals surface area (Å²) < 4.78 is 6.08. The molecule has 2 heterocycles. The summed E-state index contributed by atoms with van der Waals surface area (Å²) in [5.41, 5.74) is 3.82. The molecule has 0 saturated carbocycles. The summed E-state index contributed by atoms with van der Waals surface area (Å²) in [7, 11) is 0. The number of allylic oxidation sites excluding steroid dienone is 1. The zero-order valence-corrected chi connectivity index (χ0v) is 20.5. The molecule has 4 heteroatoms. The summed E-state index contributed by atoms with van der Waals surface area (Å²) in [5, 5.41) is 6.49. The maximum Gasteiger partial charge on any atom is 0.120 e. The van der Waals surface area contributed by atoms with E-state index in [4.69, 9.17) is 4.74 Å². The van der Waals surface area contributed by atoms with Crippen molar-refractivity contribution in [1.82, 2.24) is 4.90 Å². The minimum atomic E-state index is 0.0454. The van der Waals surface area contributed by atoms with Gasteiger partial charge in [-0.2, -0.15) is 11.3 Å². The maximum absolute atomic E-state index is 6.08. The Hall–Kier alpha value is -2.32. The van der Waals surface area contributed by atoms with Crippen molar-refractivity contribution in [2.75, 3.05) is 13.1 Å². The van der Waals surface area contributed by atoms with Crippen LogP contribution in [-0.4, -0.2) is 18.0 Å². The van der Waals surface area contributed by atoms with Crippen LogP contribution in [0, 0.1) is 17.3 Å². The Morgan fingerprint density at radius 2 is 1.97 bits per heavy atom. The van der Waals surface area contributed by atoms with E-state index in [9.17, 15) is 0 Å². The molecular formula is C27H31NOS2. The highest BCUT2D eigenvalue weighted by molar-refractivity contribution is 7.14. The molecule has 0 saturated heterocycles. The average Bonchev–Trinajstić information content (AvgIpc) is 3.42. The van der Waals surface area contributed by atoms with Crippen LogP contribution in [0.2, 0.25) is 0 Å². The third-order valence-corrected chi connectivity index (χ3v) is 6.34. The largest absolute Gasteiger partial charge is 0.489 e. The van der Waals surface area contributed by atoms with Gasteiger partial charge in [0.2, 0.25) is 0 Å². The second-order valence-electron chi connectivity index (χ2n) is 8.52. The van der Waals surface area contributed by atoms with Crippen molar-refractivity contribution >= 4 is 22.7 Å². The fourth-order valence-electron chi connectivity index (χ4n) is 2.99. The molecule has 0 aliphatic heterocycles. The lowest BCUT2D eigenvalue weighted by Gasteiger charge is -2.19. The highest BCUT2D eigenvalue weighted by Crippen LogP contribution is 2.29. The summed E-state index contributed by atoms with van der Waals surface area (Å²) in [6.45, 7) is 11.9. The maximum atomic E-state index is 6.08. The van der Waals surface area contributed by atoms with Crippen LogP contribution < -0.4 is 4.74 Å². The molecule has 0 radical (unpaired) electrons. The van der Waals surface area contributed by atoms with Gasteiger partial charge in [0.1, 0.15) is 12.4 Å². The Morgan fingerprint density at radius 1 is 1.10 bits per heavy atom. The lowest BCUT2D eigenvalue weighted by Crippen LogP contribution is -2.22. The number of nitrogens with zero attached hydrogens (tertiary/aromatic N) is 1. The van der Waals surface area contributed by atoms with Gasteiger partial charge < -0.3 is 4.74 Å². The molecule has 3 aromatic rings. The second kappa shape index (κ2) is 11.3. The summed E-state index contributed by atoms with van der Waals surface area (Å²) in [4.78, 5) is 3.69. The zero-order valence-electron chi connectivity index (χ0n) is 18.9. The number of rotatable bonds is 9. The first-order valence-corrected chi connectivity index (χ1v) is 12.5. The van der Waals surface area contributed by atoms with Gasteiger partial charge in [-0.3, -0.25) is 4.90 Å². The van der Waals surface area contributed by atoms with Gasteiger partial charge in [0.25, 0.3) is 0 Å². The van der Waals surface area contributed by atoms with Crippen LogP contribution in [0.1, 0.15) is 38.8 Å². The quantitative estimate of drug-likeness (QED) is 0.314. The van der Waals surface area contributed by atoms with Crippen molar-refractivity contribution < 1.29 is 4.74 Å². The molecule has 2 aromatic heterocycles. The van der Waals surface area contributed by atoms with Gasteiger partial charge in [0, 0.05) is 34.5 Å². The van der Waals surface area contributed by atoms with E-state index in [1.54, 1.807) is 22.7 Å². The Morgan fingerprint density at radius 3 is 2.71 bits per heavy atom. The average molecular weight is 450 g/mol. The monoisotopic (exact) mass is 449 g/mol. The highest BCUT2D eigenvalue weighted by Gasteiger charge is 2.06. The van der Waals surface area contributed by atoms with Gasteiger partial charge >= 0.3 is 0 Å². The Balaban J connectivity index is 1.53. The number of hydrogen-bond acceptors (Lipinski definition) is 4. The van der Waals surface area contributed by atoms with E-state index >= 15 is 0 Å². The number of ether oxygens (including phenoxy) is 1. The van der Waals surface area contributed by atoms with Crippen molar-refractivity contribution in [3.63, 3.8) is 0 Å². The Kier molecular flexibility index (Phi) is 8.54. The van der Waals surface area contributed by atoms with Gasteiger partial charge in [0.05, 0.1) is 0 Å². The first kappa shape index (κ1) is 23.3. The molecule has 0 spiro atoms. The minimum Gasteiger partial charge on any atom is -0.489 e. The van der Waals surface area contributed by atoms with Crippen LogP contribution in [0.15, 0.2) is 64.7 Å². The van der Waals surface area contributed by atoms with Crippen LogP contribution >= 0.6 is 22.7 Å². The van der Waals surface area contributed by atoms with Crippen LogP contribution in [0.3, 0.4) is 0 Å². The van der Waals surface area contributed by atoms with Gasteiger partial charge in [-0.15, -0.1) is 11.3 Å². The Labute approximate surface area is 195 Å². The number of benzene rings is 1. The third kappa shape index (κ3) is 8.03. The topological polar surface area (TPSA) is 12.5 Å². The standard InChI is InChI=1S/C27H31NOS2/c1-5-28(14-8-6-7-13-27(2,3)4)18-22-10-9-11-25(16-22)29-19-23-17-26(31-20-23)24-12-15-30-21-24/h6,8-12,15-17,20-21H,5,14,18-19H2,1-4H3. The van der Waals surface area contributed by atoms with Crippen LogP contribution in [-0.2, 0) is 13.2 Å². The smallest absolute Gasteiger partial charge is 0.120 e. The first-order chi connectivity index (χ1) is 14.9. The van der Waals surface area contributed by atoms with Gasteiger partial charge in [-0.25, -0.2) is 0 Å². The second-order valence-corrected chi connectivity index (χ2v) is 10.2. The van der Waals surface area contributed by atoms with Gasteiger partial charge in [-0.05, 0) is 79.4 Å². The summed E-state index contributed by atoms with van der Waals surface area (Å²) in [6, 6.07) is 12.8. The van der Waals surface area contributed by atoms with E-state index < -0.39 is 0 Å². The zero-order chi connectivity index (χ0) is 22.1. The normalized spacial score (nSPS) is 11.6. The van der Waals surface area contributed by atoms with Crippen LogP contribution in [0.4, 0.5) is 0 Å². The summed E-state index contributed by atoms with van der Waals surface area (Å²) >= 11 is 3.50. The molecule has 31 heavy (non-hydrogen) atoms. The molecule has 0 aliphatic rings. The molecular weight excluding hydrogens is 418 g/mol. The van der Waals surface area contributed by atoms with Crippen molar-refractivity contribution in [3.05, 3.63) is 75.8 Å². The molecule has 162 valence electrons. The molecule has 0 atom stereocenters. The SMILES string of the molecule is CCN(CC=CC#CC(C)(C)C)Cc1cccc(OCc2csc(-c3ccsc3)c2)c1. The minimum absolute atomic E-state index is 0.0454. The molecule has 0 amide bonds. The van der Waals surface area contributed by atoms with Gasteiger partial charge in [0.15, 0.2) is 0 Å². The number of likely N-dealkylation sites (N-methyl/N-ethyl adjacent to an activating group) is 1. The molecule has 3 rings (SSSR count). The molecule has 1 aromatic carbocycles. The molecule has 2 nitrogen and oxygen atoms in total. The van der Waals surface area contributed by atoms with Crippen LogP contribution in [0.5, 0.6) is 5.75 Å². The van der Waals surface area contributed by atoms with E-state index in [2.05, 4.69) is 97.0 Å². The number of hydrogen-bond donors (Lipinski definition) is 0. The predicted molar refractivity (Wildman–Crippen MR) is 136 cm³/mol. The molecule has 0 N–H and O–H groups in total. The molecule has 0 unspecified atom stereocenters. The lowest BCUT2D eigenvalue weighted by atomic mass is 9.98. The van der Waals surface area contributed by atoms with Crippen molar-refractivity contribution in [2.45, 2.75) is 40.8 Å². The Bertz CT molecular complexity index is 1030. The highest BCUT2D eigenvalue weighted by atomic mass is 32.1. The molecule has 0 bridgehead atoms. The molecule has 0 aliphatic carbocycles. The fraction of sp³-hybridized carbons (Fsp3) is 0.333. The first-order valence-electron chi connectivity index (χ1n) is 10.6. The van der Waals surface area contributed by atoms with E-state index in [0.29, 0.717) is 6.61 Å². The fourth-order valence-corrected chi connectivity index (χ4v) is 4.62. The van der Waals surface area contributed by atoms with Crippen molar-refractivity contribution in [3.8, 4) is 28.0 Å². The van der Waals surface area contributed by atoms with Crippen LogP contribution in [0.25, 0.3) is 10.4 Å². The van der Waals surface area contributed by atoms with E-state index in [1.807, 2.05) is 12.1 Å². The third-order valence-electron chi connectivity index (χ3n) is 4.63. The summed E-state index contributed by atoms with van der Waals surface area (Å²) in [6.07, 6.45) is 4.11. The molecule has 0 fully saturated rings. The van der Waals surface area contributed by atoms with Crippen molar-refractivity contribution in [1.29, 1.82) is 0 Å². The lowest BCUT2D eigenvalue weighted by molar-refractivity contribution is 0.299. The predicted octanol–water partition coefficient (Wildman–Crippen LogP) is 7.48. The van der Waals surface area contributed by atoms with E-state index in [0.717, 1.165) is 25.4 Å². The van der Waals surface area contributed by atoms with E-state index in [-0.39, 0.29) is 5.41 Å². The van der Waals surface area contributed by atoms with E-state index in [1.165, 1.54) is 21.6 Å². The summed E-state index contributed by atoms with van der Waals surface area (Å²) in [5.74, 6) is 7.30. The van der Waals surface area contributed by atoms with Crippen molar-refractivity contribution in [2.24, 2.45) is 5.41 Å².